The number of alkyl halides is 3. The zero-order chi connectivity index (χ0) is 20.3. The summed E-state index contributed by atoms with van der Waals surface area (Å²) in [5.74, 6) is 0.534. The molecular formula is C22H17F3N2O2. The van der Waals surface area contributed by atoms with Gasteiger partial charge in [0.1, 0.15) is 17.3 Å². The first kappa shape index (κ1) is 19.0. The van der Waals surface area contributed by atoms with E-state index in [-0.39, 0.29) is 11.3 Å². The molecule has 0 amide bonds. The topological polar surface area (TPSA) is 47.6 Å². The number of rotatable bonds is 4. The maximum absolute atomic E-state index is 12.7. The zero-order valence-electron chi connectivity index (χ0n) is 15.3. The molecule has 0 saturated heterocycles. The van der Waals surface area contributed by atoms with Crippen LogP contribution in [0.25, 0.3) is 17.4 Å². The second-order valence-electron chi connectivity index (χ2n) is 6.49. The minimum atomic E-state index is -4.77. The average Bonchev–Trinajstić information content (AvgIpc) is 3.16. The van der Waals surface area contributed by atoms with Crippen LogP contribution in [0.3, 0.4) is 0 Å². The van der Waals surface area contributed by atoms with Crippen LogP contribution in [-0.4, -0.2) is 23.6 Å². The van der Waals surface area contributed by atoms with Crippen LogP contribution in [0, 0.1) is 0 Å². The molecule has 0 radical (unpaired) electrons. The van der Waals surface area contributed by atoms with E-state index in [1.807, 2.05) is 18.2 Å². The highest BCUT2D eigenvalue weighted by Gasteiger charge is 2.32. The molecule has 0 N–H and O–H groups in total. The molecule has 0 fully saturated rings. The average molecular weight is 398 g/mol. The van der Waals surface area contributed by atoms with Gasteiger partial charge in [-0.05, 0) is 60.9 Å². The molecule has 1 aliphatic heterocycles. The van der Waals surface area contributed by atoms with Gasteiger partial charge in [0.05, 0.1) is 11.3 Å². The SMILES string of the molecule is FC(F)(F)Oc1ccccc1-c1ccc(/C=C2\CCCN=C2c2cccnc2)o1. The summed E-state index contributed by atoms with van der Waals surface area (Å²) in [5, 5.41) is 0. The lowest BCUT2D eigenvalue weighted by Crippen LogP contribution is -2.17. The van der Waals surface area contributed by atoms with Crippen molar-refractivity contribution in [1.82, 2.24) is 4.98 Å². The Morgan fingerprint density at radius 2 is 1.90 bits per heavy atom. The Bertz CT molecular complexity index is 1050. The quantitative estimate of drug-likeness (QED) is 0.549. The number of benzene rings is 1. The number of aliphatic imine (C=N–C) groups is 1. The second kappa shape index (κ2) is 7.95. The third-order valence-corrected chi connectivity index (χ3v) is 4.43. The number of pyridine rings is 1. The number of nitrogens with zero attached hydrogens (tertiary/aromatic N) is 2. The van der Waals surface area contributed by atoms with E-state index in [9.17, 15) is 13.2 Å². The Balaban J connectivity index is 1.65. The van der Waals surface area contributed by atoms with Crippen LogP contribution in [0.2, 0.25) is 0 Å². The molecule has 4 nitrogen and oxygen atoms in total. The van der Waals surface area contributed by atoms with Crippen molar-refractivity contribution < 1.29 is 22.3 Å². The molecule has 2 aromatic heterocycles. The van der Waals surface area contributed by atoms with E-state index in [1.54, 1.807) is 30.6 Å². The number of halogens is 3. The van der Waals surface area contributed by atoms with E-state index in [2.05, 4.69) is 14.7 Å². The summed E-state index contributed by atoms with van der Waals surface area (Å²) < 4.78 is 48.0. The molecule has 0 bridgehead atoms. The zero-order valence-corrected chi connectivity index (χ0v) is 15.3. The van der Waals surface area contributed by atoms with Crippen molar-refractivity contribution in [3.8, 4) is 17.1 Å². The summed E-state index contributed by atoms with van der Waals surface area (Å²) in [6.45, 7) is 0.743. The molecule has 0 spiro atoms. The molecule has 0 aliphatic carbocycles. The van der Waals surface area contributed by atoms with Crippen molar-refractivity contribution in [2.24, 2.45) is 4.99 Å². The Kier molecular flexibility index (Phi) is 5.20. The van der Waals surface area contributed by atoms with Gasteiger partial charge in [0.25, 0.3) is 0 Å². The van der Waals surface area contributed by atoms with Crippen LogP contribution in [0.4, 0.5) is 13.2 Å². The lowest BCUT2D eigenvalue weighted by molar-refractivity contribution is -0.274. The van der Waals surface area contributed by atoms with Crippen molar-refractivity contribution in [3.63, 3.8) is 0 Å². The fraction of sp³-hybridized carbons (Fsp3) is 0.182. The first-order valence-corrected chi connectivity index (χ1v) is 9.10. The summed E-state index contributed by atoms with van der Waals surface area (Å²) in [7, 11) is 0. The summed E-state index contributed by atoms with van der Waals surface area (Å²) in [4.78, 5) is 8.77. The van der Waals surface area contributed by atoms with Crippen LogP contribution in [0.15, 0.2) is 75.9 Å². The molecule has 1 aromatic carbocycles. The van der Waals surface area contributed by atoms with Gasteiger partial charge in [0, 0.05) is 24.5 Å². The van der Waals surface area contributed by atoms with Crippen LogP contribution in [-0.2, 0) is 0 Å². The van der Waals surface area contributed by atoms with Gasteiger partial charge in [-0.3, -0.25) is 9.98 Å². The Hall–Kier alpha value is -3.35. The van der Waals surface area contributed by atoms with E-state index >= 15 is 0 Å². The van der Waals surface area contributed by atoms with E-state index in [0.717, 1.165) is 36.2 Å². The third kappa shape index (κ3) is 4.56. The van der Waals surface area contributed by atoms with Crippen molar-refractivity contribution in [1.29, 1.82) is 0 Å². The van der Waals surface area contributed by atoms with Crippen LogP contribution >= 0.6 is 0 Å². The predicted octanol–water partition coefficient (Wildman–Crippen LogP) is 5.91. The lowest BCUT2D eigenvalue weighted by atomic mass is 9.96. The normalized spacial score (nSPS) is 16.0. The molecular weight excluding hydrogens is 381 g/mol. The highest BCUT2D eigenvalue weighted by Crippen LogP contribution is 2.35. The molecule has 0 unspecified atom stereocenters. The minimum Gasteiger partial charge on any atom is -0.457 e. The number of ether oxygens (including phenoxy) is 1. The van der Waals surface area contributed by atoms with Crippen molar-refractivity contribution in [3.05, 3.63) is 77.8 Å². The number of hydrogen-bond donors (Lipinski definition) is 0. The highest BCUT2D eigenvalue weighted by molar-refractivity contribution is 6.15. The van der Waals surface area contributed by atoms with Gasteiger partial charge in [-0.15, -0.1) is 13.2 Å². The molecule has 1 aliphatic rings. The molecule has 3 heterocycles. The number of para-hydroxylation sites is 1. The first-order chi connectivity index (χ1) is 14.0. The number of furan rings is 1. The monoisotopic (exact) mass is 398 g/mol. The lowest BCUT2D eigenvalue weighted by Gasteiger charge is -2.15. The van der Waals surface area contributed by atoms with Crippen LogP contribution < -0.4 is 4.74 Å². The standard InChI is InChI=1S/C22H17F3N2O2/c23-22(24,25)29-20-8-2-1-7-18(20)19-10-9-17(28-19)13-15-5-4-12-27-21(15)16-6-3-11-26-14-16/h1-3,6-11,13-14H,4-5,12H2/b15-13+. The fourth-order valence-electron chi connectivity index (χ4n) is 3.23. The first-order valence-electron chi connectivity index (χ1n) is 9.10. The Labute approximate surface area is 165 Å². The van der Waals surface area contributed by atoms with Gasteiger partial charge in [-0.2, -0.15) is 0 Å². The fourth-order valence-corrected chi connectivity index (χ4v) is 3.23. The summed E-state index contributed by atoms with van der Waals surface area (Å²) in [5.41, 5.74) is 3.03. The maximum Gasteiger partial charge on any atom is 0.573 e. The third-order valence-electron chi connectivity index (χ3n) is 4.43. The minimum absolute atomic E-state index is 0.235. The van der Waals surface area contributed by atoms with Gasteiger partial charge in [0.15, 0.2) is 0 Å². The largest absolute Gasteiger partial charge is 0.573 e. The molecule has 148 valence electrons. The molecule has 29 heavy (non-hydrogen) atoms. The highest BCUT2D eigenvalue weighted by atomic mass is 19.4. The predicted molar refractivity (Wildman–Crippen MR) is 104 cm³/mol. The number of aromatic nitrogens is 1. The molecule has 4 rings (SSSR count). The van der Waals surface area contributed by atoms with Crippen LogP contribution in [0.1, 0.15) is 24.2 Å². The summed E-state index contributed by atoms with van der Waals surface area (Å²) in [6, 6.07) is 13.1. The summed E-state index contributed by atoms with van der Waals surface area (Å²) >= 11 is 0. The van der Waals surface area contributed by atoms with Gasteiger partial charge < -0.3 is 9.15 Å². The van der Waals surface area contributed by atoms with E-state index in [0.29, 0.717) is 11.5 Å². The maximum atomic E-state index is 12.7. The summed E-state index contributed by atoms with van der Waals surface area (Å²) in [6.07, 6.45) is 2.32. The van der Waals surface area contributed by atoms with Gasteiger partial charge >= 0.3 is 6.36 Å². The van der Waals surface area contributed by atoms with Gasteiger partial charge in [0.2, 0.25) is 0 Å². The second-order valence-corrected chi connectivity index (χ2v) is 6.49. The van der Waals surface area contributed by atoms with Crippen LogP contribution in [0.5, 0.6) is 5.75 Å². The van der Waals surface area contributed by atoms with E-state index in [1.165, 1.54) is 18.2 Å². The van der Waals surface area contributed by atoms with Crippen molar-refractivity contribution in [2.45, 2.75) is 19.2 Å². The molecule has 0 saturated carbocycles. The van der Waals surface area contributed by atoms with Gasteiger partial charge in [-0.25, -0.2) is 0 Å². The number of allylic oxidation sites excluding steroid dienone is 1. The number of hydrogen-bond acceptors (Lipinski definition) is 4. The van der Waals surface area contributed by atoms with E-state index < -0.39 is 6.36 Å². The molecule has 3 aromatic rings. The van der Waals surface area contributed by atoms with Gasteiger partial charge in [-0.1, -0.05) is 12.1 Å². The van der Waals surface area contributed by atoms with Crippen molar-refractivity contribution in [2.75, 3.05) is 6.54 Å². The smallest absolute Gasteiger partial charge is 0.457 e. The molecule has 0 atom stereocenters. The van der Waals surface area contributed by atoms with E-state index in [4.69, 9.17) is 4.42 Å². The molecule has 7 heteroatoms. The Morgan fingerprint density at radius 1 is 1.03 bits per heavy atom. The Morgan fingerprint density at radius 3 is 2.69 bits per heavy atom. The van der Waals surface area contributed by atoms with Crippen molar-refractivity contribution >= 4 is 11.8 Å².